The molecule has 0 spiro atoms. The average Bonchev–Trinajstić information content (AvgIpc) is 3.08. The fourth-order valence-electron chi connectivity index (χ4n) is 6.17. The SMILES string of the molecule is Cc1cccc(N(CC(=O)N(Cc2ccc(Cl)cc2Cl)[C@@H](Cc2ccccc2)C(=O)NC2CCCCC2)S(=O)(=O)c2ccccc2)c1C. The van der Waals surface area contributed by atoms with E-state index in [1.54, 1.807) is 48.5 Å². The second kappa shape index (κ2) is 16.0. The summed E-state index contributed by atoms with van der Waals surface area (Å²) in [5.74, 6) is -0.824. The summed E-state index contributed by atoms with van der Waals surface area (Å²) in [6.07, 6.45) is 5.15. The fourth-order valence-corrected chi connectivity index (χ4v) is 8.13. The highest BCUT2D eigenvalue weighted by Crippen LogP contribution is 2.30. The average molecular weight is 707 g/mol. The molecule has 0 heterocycles. The molecule has 1 saturated carbocycles. The van der Waals surface area contributed by atoms with E-state index in [0.29, 0.717) is 21.3 Å². The number of halogens is 2. The zero-order valence-electron chi connectivity index (χ0n) is 27.2. The Balaban J connectivity index is 1.60. The predicted molar refractivity (Wildman–Crippen MR) is 193 cm³/mol. The second-order valence-electron chi connectivity index (χ2n) is 12.4. The Morgan fingerprint density at radius 3 is 2.19 bits per heavy atom. The number of amides is 2. The lowest BCUT2D eigenvalue weighted by Gasteiger charge is -2.35. The van der Waals surface area contributed by atoms with Gasteiger partial charge in [0.25, 0.3) is 10.0 Å². The van der Waals surface area contributed by atoms with E-state index in [0.717, 1.165) is 53.1 Å². The number of benzene rings is 4. The molecule has 1 aliphatic carbocycles. The molecule has 4 aromatic rings. The van der Waals surface area contributed by atoms with Crippen LogP contribution in [0, 0.1) is 13.8 Å². The molecule has 0 saturated heterocycles. The smallest absolute Gasteiger partial charge is 0.264 e. The van der Waals surface area contributed by atoms with Crippen LogP contribution in [0.25, 0.3) is 0 Å². The Bertz CT molecular complexity index is 1830. The van der Waals surface area contributed by atoms with Gasteiger partial charge in [-0.1, -0.05) is 109 Å². The highest BCUT2D eigenvalue weighted by Gasteiger charge is 2.36. The van der Waals surface area contributed by atoms with Gasteiger partial charge in [-0.05, 0) is 79.3 Å². The Kier molecular flexibility index (Phi) is 11.8. The first-order chi connectivity index (χ1) is 23.0. The topological polar surface area (TPSA) is 86.8 Å². The van der Waals surface area contributed by atoms with Gasteiger partial charge in [-0.2, -0.15) is 0 Å². The molecule has 0 unspecified atom stereocenters. The highest BCUT2D eigenvalue weighted by atomic mass is 35.5. The Labute approximate surface area is 293 Å². The molecule has 5 rings (SSSR count). The van der Waals surface area contributed by atoms with Gasteiger partial charge in [0.2, 0.25) is 11.8 Å². The van der Waals surface area contributed by atoms with Gasteiger partial charge < -0.3 is 10.2 Å². The first-order valence-corrected chi connectivity index (χ1v) is 18.5. The summed E-state index contributed by atoms with van der Waals surface area (Å²) in [6, 6.07) is 27.0. The lowest BCUT2D eigenvalue weighted by Crippen LogP contribution is -2.55. The van der Waals surface area contributed by atoms with Crippen molar-refractivity contribution in [2.75, 3.05) is 10.8 Å². The molecule has 0 aliphatic heterocycles. The first kappa shape index (κ1) is 35.5. The quantitative estimate of drug-likeness (QED) is 0.162. The lowest BCUT2D eigenvalue weighted by molar-refractivity contribution is -0.140. The van der Waals surface area contributed by atoms with Gasteiger partial charge in [0.15, 0.2) is 0 Å². The molecule has 1 fully saturated rings. The van der Waals surface area contributed by atoms with E-state index < -0.39 is 28.5 Å². The fraction of sp³-hybridized carbons (Fsp3) is 0.316. The van der Waals surface area contributed by atoms with Crippen LogP contribution >= 0.6 is 23.2 Å². The maximum atomic E-state index is 14.8. The predicted octanol–water partition coefficient (Wildman–Crippen LogP) is 7.89. The molecular weight excluding hydrogens is 665 g/mol. The number of carbonyl (C=O) groups excluding carboxylic acids is 2. The number of hydrogen-bond donors (Lipinski definition) is 1. The Hall–Kier alpha value is -3.85. The van der Waals surface area contributed by atoms with Crippen LogP contribution in [-0.2, 0) is 32.6 Å². The summed E-state index contributed by atoms with van der Waals surface area (Å²) >= 11 is 12.9. The summed E-state index contributed by atoms with van der Waals surface area (Å²) in [5, 5.41) is 4.00. The molecule has 1 aliphatic rings. The molecule has 0 bridgehead atoms. The van der Waals surface area contributed by atoms with Crippen LogP contribution in [0.3, 0.4) is 0 Å². The van der Waals surface area contributed by atoms with Gasteiger partial charge in [0, 0.05) is 29.1 Å². The van der Waals surface area contributed by atoms with Crippen molar-refractivity contribution in [3.05, 3.63) is 129 Å². The minimum atomic E-state index is -4.19. The number of sulfonamides is 1. The minimum absolute atomic E-state index is 0.00509. The van der Waals surface area contributed by atoms with Gasteiger partial charge in [-0.3, -0.25) is 13.9 Å². The number of rotatable bonds is 12. The third kappa shape index (κ3) is 8.59. The van der Waals surface area contributed by atoms with Crippen molar-refractivity contribution in [1.82, 2.24) is 10.2 Å². The van der Waals surface area contributed by atoms with Crippen LogP contribution in [0.2, 0.25) is 10.0 Å². The van der Waals surface area contributed by atoms with Crippen LogP contribution < -0.4 is 9.62 Å². The molecule has 252 valence electrons. The number of nitrogens with zero attached hydrogens (tertiary/aromatic N) is 2. The molecule has 0 aromatic heterocycles. The third-order valence-electron chi connectivity index (χ3n) is 9.03. The summed E-state index contributed by atoms with van der Waals surface area (Å²) in [6.45, 7) is 3.17. The van der Waals surface area contributed by atoms with Crippen LogP contribution in [-0.4, -0.2) is 43.8 Å². The number of nitrogens with one attached hydrogen (secondary N) is 1. The molecule has 48 heavy (non-hydrogen) atoms. The number of aryl methyl sites for hydroxylation is 1. The van der Waals surface area contributed by atoms with Crippen LogP contribution in [0.5, 0.6) is 0 Å². The maximum absolute atomic E-state index is 14.8. The van der Waals surface area contributed by atoms with Crippen LogP contribution in [0.1, 0.15) is 54.4 Å². The van der Waals surface area contributed by atoms with Crippen molar-refractivity contribution >= 4 is 50.7 Å². The molecule has 0 radical (unpaired) electrons. The van der Waals surface area contributed by atoms with Crippen molar-refractivity contribution in [3.63, 3.8) is 0 Å². The van der Waals surface area contributed by atoms with Crippen LogP contribution in [0.4, 0.5) is 5.69 Å². The van der Waals surface area contributed by atoms with E-state index >= 15 is 0 Å². The first-order valence-electron chi connectivity index (χ1n) is 16.3. The second-order valence-corrected chi connectivity index (χ2v) is 15.1. The molecule has 2 amide bonds. The van der Waals surface area contributed by atoms with E-state index in [4.69, 9.17) is 23.2 Å². The number of carbonyl (C=O) groups is 2. The molecular formula is C38H41Cl2N3O4S. The largest absolute Gasteiger partial charge is 0.352 e. The summed E-state index contributed by atoms with van der Waals surface area (Å²) in [7, 11) is -4.19. The van der Waals surface area contributed by atoms with E-state index in [1.807, 2.05) is 50.2 Å². The summed E-state index contributed by atoms with van der Waals surface area (Å²) in [4.78, 5) is 30.6. The number of anilines is 1. The maximum Gasteiger partial charge on any atom is 0.264 e. The molecule has 10 heteroatoms. The third-order valence-corrected chi connectivity index (χ3v) is 11.4. The zero-order chi connectivity index (χ0) is 34.3. The normalized spacial score (nSPS) is 14.2. The standard InChI is InChI=1S/C38H41Cl2N3O4S/c1-27-13-12-20-35(28(27)2)43(48(46,47)33-18-10-5-11-19-33)26-37(44)42(25-30-21-22-31(39)24-34(30)40)36(23-29-14-6-3-7-15-29)38(45)41-32-16-8-4-9-17-32/h3,5-7,10-15,18-22,24,32,36H,4,8-9,16-17,23,25-26H2,1-2H3,(H,41,45)/t36-/m0/s1. The van der Waals surface area contributed by atoms with E-state index in [-0.39, 0.29) is 29.8 Å². The van der Waals surface area contributed by atoms with Crippen molar-refractivity contribution in [2.45, 2.75) is 75.9 Å². The number of hydrogen-bond acceptors (Lipinski definition) is 4. The van der Waals surface area contributed by atoms with Gasteiger partial charge >= 0.3 is 0 Å². The van der Waals surface area contributed by atoms with E-state index in [1.165, 1.54) is 17.0 Å². The van der Waals surface area contributed by atoms with Crippen molar-refractivity contribution in [1.29, 1.82) is 0 Å². The van der Waals surface area contributed by atoms with Gasteiger partial charge in [-0.25, -0.2) is 8.42 Å². The van der Waals surface area contributed by atoms with Gasteiger partial charge in [0.1, 0.15) is 12.6 Å². The lowest BCUT2D eigenvalue weighted by atomic mass is 9.94. The van der Waals surface area contributed by atoms with E-state index in [2.05, 4.69) is 5.32 Å². The zero-order valence-corrected chi connectivity index (χ0v) is 29.6. The van der Waals surface area contributed by atoms with Gasteiger partial charge in [-0.15, -0.1) is 0 Å². The minimum Gasteiger partial charge on any atom is -0.352 e. The Morgan fingerprint density at radius 1 is 0.854 bits per heavy atom. The monoisotopic (exact) mass is 705 g/mol. The van der Waals surface area contributed by atoms with Crippen molar-refractivity contribution in [3.8, 4) is 0 Å². The van der Waals surface area contributed by atoms with E-state index in [9.17, 15) is 18.0 Å². The summed E-state index contributed by atoms with van der Waals surface area (Å²) in [5.41, 5.74) is 3.45. The van der Waals surface area contributed by atoms with Gasteiger partial charge in [0.05, 0.1) is 10.6 Å². The molecule has 1 N–H and O–H groups in total. The van der Waals surface area contributed by atoms with Crippen molar-refractivity contribution in [2.24, 2.45) is 0 Å². The highest BCUT2D eigenvalue weighted by molar-refractivity contribution is 7.92. The van der Waals surface area contributed by atoms with Crippen LogP contribution in [0.15, 0.2) is 102 Å². The molecule has 4 aromatic carbocycles. The Morgan fingerprint density at radius 2 is 1.52 bits per heavy atom. The molecule has 1 atom stereocenters. The molecule has 7 nitrogen and oxygen atoms in total. The van der Waals surface area contributed by atoms with Crippen molar-refractivity contribution < 1.29 is 18.0 Å². The summed E-state index contributed by atoms with van der Waals surface area (Å²) < 4.78 is 29.8.